The van der Waals surface area contributed by atoms with E-state index in [9.17, 15) is 5.11 Å². The Hall–Kier alpha value is -0.970. The Morgan fingerprint density at radius 1 is 1.53 bits per heavy atom. The van der Waals surface area contributed by atoms with Crippen LogP contribution < -0.4 is 10.6 Å². The summed E-state index contributed by atoms with van der Waals surface area (Å²) >= 11 is 6.18. The standard InChI is InChI=1S/C12H17ClN2O2/c1-8-5-15(6-10(7-16)17-8)12-3-2-9(14)4-11(12)13/h2-4,8,10,16H,5-7,14H2,1H3. The summed E-state index contributed by atoms with van der Waals surface area (Å²) in [5.41, 5.74) is 7.26. The number of nitrogen functional groups attached to an aromatic ring is 1. The SMILES string of the molecule is CC1CN(c2ccc(N)cc2Cl)CC(CO)O1. The fourth-order valence-electron chi connectivity index (χ4n) is 2.12. The monoisotopic (exact) mass is 256 g/mol. The maximum absolute atomic E-state index is 9.18. The van der Waals surface area contributed by atoms with Crippen molar-refractivity contribution in [3.8, 4) is 0 Å². The van der Waals surface area contributed by atoms with Crippen molar-refractivity contribution in [1.82, 2.24) is 0 Å². The molecule has 17 heavy (non-hydrogen) atoms. The molecule has 2 rings (SSSR count). The van der Waals surface area contributed by atoms with E-state index < -0.39 is 0 Å². The third kappa shape index (κ3) is 2.83. The number of halogens is 1. The number of anilines is 2. The van der Waals surface area contributed by atoms with Gasteiger partial charge in [-0.3, -0.25) is 0 Å². The van der Waals surface area contributed by atoms with Gasteiger partial charge in [-0.2, -0.15) is 0 Å². The summed E-state index contributed by atoms with van der Waals surface area (Å²) in [4.78, 5) is 2.12. The van der Waals surface area contributed by atoms with E-state index in [1.165, 1.54) is 0 Å². The van der Waals surface area contributed by atoms with Gasteiger partial charge in [-0.15, -0.1) is 0 Å². The number of aliphatic hydroxyl groups excluding tert-OH is 1. The molecule has 0 spiro atoms. The highest BCUT2D eigenvalue weighted by molar-refractivity contribution is 6.33. The number of nitrogens with two attached hydrogens (primary N) is 1. The summed E-state index contributed by atoms with van der Waals surface area (Å²) < 4.78 is 5.59. The van der Waals surface area contributed by atoms with Gasteiger partial charge in [-0.1, -0.05) is 11.6 Å². The summed E-state index contributed by atoms with van der Waals surface area (Å²) in [7, 11) is 0. The number of morpholine rings is 1. The van der Waals surface area contributed by atoms with Crippen molar-refractivity contribution in [1.29, 1.82) is 0 Å². The molecule has 0 aliphatic carbocycles. The fraction of sp³-hybridized carbons (Fsp3) is 0.500. The third-order valence-electron chi connectivity index (χ3n) is 2.84. The van der Waals surface area contributed by atoms with Crippen LogP contribution in [0.2, 0.25) is 5.02 Å². The van der Waals surface area contributed by atoms with Crippen molar-refractivity contribution in [2.75, 3.05) is 30.3 Å². The average molecular weight is 257 g/mol. The normalized spacial score (nSPS) is 25.0. The van der Waals surface area contributed by atoms with Crippen molar-refractivity contribution in [2.45, 2.75) is 19.1 Å². The predicted octanol–water partition coefficient (Wildman–Crippen LogP) is 1.51. The van der Waals surface area contributed by atoms with Crippen LogP contribution in [0.5, 0.6) is 0 Å². The molecule has 3 N–H and O–H groups in total. The highest BCUT2D eigenvalue weighted by Gasteiger charge is 2.25. The number of hydrogen-bond donors (Lipinski definition) is 2. The van der Waals surface area contributed by atoms with E-state index in [4.69, 9.17) is 22.1 Å². The van der Waals surface area contributed by atoms with Crippen LogP contribution >= 0.6 is 11.6 Å². The third-order valence-corrected chi connectivity index (χ3v) is 3.15. The van der Waals surface area contributed by atoms with Crippen molar-refractivity contribution >= 4 is 23.0 Å². The number of aliphatic hydroxyl groups is 1. The van der Waals surface area contributed by atoms with Gasteiger partial charge in [0.15, 0.2) is 0 Å². The van der Waals surface area contributed by atoms with Gasteiger partial charge < -0.3 is 20.5 Å². The van der Waals surface area contributed by atoms with E-state index in [1.54, 1.807) is 6.07 Å². The molecule has 0 radical (unpaired) electrons. The van der Waals surface area contributed by atoms with Crippen LogP contribution in [-0.4, -0.2) is 37.0 Å². The van der Waals surface area contributed by atoms with Crippen LogP contribution in [0.25, 0.3) is 0 Å². The maximum Gasteiger partial charge on any atom is 0.0984 e. The van der Waals surface area contributed by atoms with Gasteiger partial charge in [0.25, 0.3) is 0 Å². The second-order valence-electron chi connectivity index (χ2n) is 4.37. The maximum atomic E-state index is 9.18. The Balaban J connectivity index is 2.20. The second-order valence-corrected chi connectivity index (χ2v) is 4.77. The van der Waals surface area contributed by atoms with Crippen molar-refractivity contribution < 1.29 is 9.84 Å². The zero-order chi connectivity index (χ0) is 12.4. The molecule has 1 fully saturated rings. The molecule has 4 nitrogen and oxygen atoms in total. The van der Waals surface area contributed by atoms with Crippen LogP contribution in [0, 0.1) is 0 Å². The van der Waals surface area contributed by atoms with Crippen LogP contribution in [0.15, 0.2) is 18.2 Å². The van der Waals surface area contributed by atoms with Crippen molar-refractivity contribution in [3.05, 3.63) is 23.2 Å². The van der Waals surface area contributed by atoms with E-state index in [0.29, 0.717) is 17.3 Å². The molecule has 0 aromatic heterocycles. The summed E-state index contributed by atoms with van der Waals surface area (Å²) in [6.45, 7) is 3.41. The zero-order valence-corrected chi connectivity index (χ0v) is 10.5. The average Bonchev–Trinajstić information content (AvgIpc) is 2.28. The number of nitrogens with zero attached hydrogens (tertiary/aromatic N) is 1. The first kappa shape index (κ1) is 12.5. The molecule has 0 amide bonds. The lowest BCUT2D eigenvalue weighted by atomic mass is 10.2. The lowest BCUT2D eigenvalue weighted by Crippen LogP contribution is -2.48. The molecule has 1 heterocycles. The first-order valence-corrected chi connectivity index (χ1v) is 6.04. The summed E-state index contributed by atoms with van der Waals surface area (Å²) in [6.07, 6.45) is -0.0816. The highest BCUT2D eigenvalue weighted by atomic mass is 35.5. The molecule has 94 valence electrons. The van der Waals surface area contributed by atoms with Gasteiger partial charge in [0.2, 0.25) is 0 Å². The highest BCUT2D eigenvalue weighted by Crippen LogP contribution is 2.29. The molecule has 2 atom stereocenters. The summed E-state index contributed by atoms with van der Waals surface area (Å²) in [6, 6.07) is 5.48. The summed E-state index contributed by atoms with van der Waals surface area (Å²) in [5, 5.41) is 9.82. The van der Waals surface area contributed by atoms with E-state index in [1.807, 2.05) is 19.1 Å². The van der Waals surface area contributed by atoms with Gasteiger partial charge >= 0.3 is 0 Å². The Labute approximate surface area is 106 Å². The fourth-order valence-corrected chi connectivity index (χ4v) is 2.43. The minimum absolute atomic E-state index is 0.0213. The molecule has 5 heteroatoms. The van der Waals surface area contributed by atoms with Gasteiger partial charge in [-0.05, 0) is 25.1 Å². The largest absolute Gasteiger partial charge is 0.399 e. The van der Waals surface area contributed by atoms with Crippen LogP contribution in [0.1, 0.15) is 6.92 Å². The minimum atomic E-state index is -0.160. The van der Waals surface area contributed by atoms with Gasteiger partial charge in [0.1, 0.15) is 0 Å². The molecule has 2 unspecified atom stereocenters. The van der Waals surface area contributed by atoms with E-state index >= 15 is 0 Å². The summed E-state index contributed by atoms with van der Waals surface area (Å²) in [5.74, 6) is 0. The molecular formula is C12H17ClN2O2. The molecule has 1 aliphatic rings. The lowest BCUT2D eigenvalue weighted by Gasteiger charge is -2.37. The predicted molar refractivity (Wildman–Crippen MR) is 69.5 cm³/mol. The zero-order valence-electron chi connectivity index (χ0n) is 9.77. The Kier molecular flexibility index (Phi) is 3.76. The number of hydrogen-bond acceptors (Lipinski definition) is 4. The van der Waals surface area contributed by atoms with Crippen LogP contribution in [0.3, 0.4) is 0 Å². The van der Waals surface area contributed by atoms with Crippen LogP contribution in [-0.2, 0) is 4.74 Å². The number of ether oxygens (including phenoxy) is 1. The number of rotatable bonds is 2. The van der Waals surface area contributed by atoms with Gasteiger partial charge in [-0.25, -0.2) is 0 Å². The first-order chi connectivity index (χ1) is 8.10. The van der Waals surface area contributed by atoms with E-state index in [-0.39, 0.29) is 18.8 Å². The molecule has 0 bridgehead atoms. The van der Waals surface area contributed by atoms with E-state index in [2.05, 4.69) is 4.90 Å². The van der Waals surface area contributed by atoms with E-state index in [0.717, 1.165) is 12.2 Å². The Morgan fingerprint density at radius 2 is 2.29 bits per heavy atom. The molecule has 1 aromatic carbocycles. The number of benzene rings is 1. The van der Waals surface area contributed by atoms with Gasteiger partial charge in [0, 0.05) is 18.8 Å². The Morgan fingerprint density at radius 3 is 2.94 bits per heavy atom. The first-order valence-electron chi connectivity index (χ1n) is 5.66. The molecule has 1 aliphatic heterocycles. The molecule has 0 saturated carbocycles. The molecule has 1 saturated heterocycles. The molecule has 1 aromatic rings. The van der Waals surface area contributed by atoms with Crippen molar-refractivity contribution in [3.63, 3.8) is 0 Å². The van der Waals surface area contributed by atoms with Gasteiger partial charge in [0.05, 0.1) is 29.5 Å². The topological polar surface area (TPSA) is 58.7 Å². The van der Waals surface area contributed by atoms with Crippen molar-refractivity contribution in [2.24, 2.45) is 0 Å². The smallest absolute Gasteiger partial charge is 0.0984 e. The quantitative estimate of drug-likeness (QED) is 0.788. The lowest BCUT2D eigenvalue weighted by molar-refractivity contribution is -0.0421. The Bertz CT molecular complexity index is 400. The van der Waals surface area contributed by atoms with Crippen LogP contribution in [0.4, 0.5) is 11.4 Å². The second kappa shape index (κ2) is 5.12. The molecular weight excluding hydrogens is 240 g/mol. The minimum Gasteiger partial charge on any atom is -0.399 e.